The summed E-state index contributed by atoms with van der Waals surface area (Å²) in [5, 5.41) is 1.30. The Morgan fingerprint density at radius 3 is 2.50 bits per heavy atom. The highest BCUT2D eigenvalue weighted by atomic mass is 28.4. The number of hydrogen-bond donors (Lipinski definition) is 0. The van der Waals surface area contributed by atoms with Gasteiger partial charge in [0.25, 0.3) is 0 Å². The Labute approximate surface area is 169 Å². The molecular formula is C23H30O4Si. The first-order valence-corrected chi connectivity index (χ1v) is 12.5. The zero-order valence-corrected chi connectivity index (χ0v) is 17.9. The maximum absolute atomic E-state index is 6.46. The van der Waals surface area contributed by atoms with Crippen molar-refractivity contribution in [3.8, 4) is 11.1 Å². The van der Waals surface area contributed by atoms with Crippen molar-refractivity contribution in [2.75, 3.05) is 33.0 Å². The van der Waals surface area contributed by atoms with E-state index in [0.717, 1.165) is 32.1 Å². The highest BCUT2D eigenvalue weighted by Gasteiger charge is 2.42. The summed E-state index contributed by atoms with van der Waals surface area (Å²) in [7, 11) is -2.54. The van der Waals surface area contributed by atoms with E-state index >= 15 is 0 Å². The number of epoxide rings is 1. The Morgan fingerprint density at radius 1 is 1.00 bits per heavy atom. The third-order valence-electron chi connectivity index (χ3n) is 5.52. The standard InChI is InChI=1S/C23H30O4Si/c1-3-26-28(27-4-2,14-8-13-24-16-19-17-25-19)23-12-7-11-21-20-10-6-5-9-18(20)15-22(21)23/h5-7,9-12,19H,3-4,8,13-17H2,1-2H3. The van der Waals surface area contributed by atoms with Gasteiger partial charge in [0.05, 0.1) is 13.2 Å². The average Bonchev–Trinajstić information content (AvgIpc) is 3.46. The molecule has 0 radical (unpaired) electrons. The lowest BCUT2D eigenvalue weighted by atomic mass is 10.1. The first-order chi connectivity index (χ1) is 13.8. The number of fused-ring (bicyclic) bond motifs is 3. The molecule has 1 aliphatic heterocycles. The first-order valence-electron chi connectivity index (χ1n) is 10.5. The van der Waals surface area contributed by atoms with Gasteiger partial charge in [-0.3, -0.25) is 0 Å². The molecule has 1 atom stereocenters. The van der Waals surface area contributed by atoms with E-state index in [4.69, 9.17) is 18.3 Å². The maximum Gasteiger partial charge on any atom is 0.372 e. The molecule has 2 aromatic carbocycles. The van der Waals surface area contributed by atoms with Gasteiger partial charge in [0.1, 0.15) is 6.10 Å². The van der Waals surface area contributed by atoms with Crippen LogP contribution in [0.5, 0.6) is 0 Å². The molecule has 1 unspecified atom stereocenters. The Kier molecular flexibility index (Phi) is 6.28. The Hall–Kier alpha value is -1.50. The topological polar surface area (TPSA) is 40.2 Å². The second-order valence-corrected chi connectivity index (χ2v) is 10.5. The van der Waals surface area contributed by atoms with Gasteiger partial charge in [-0.05, 0) is 60.2 Å². The van der Waals surface area contributed by atoms with E-state index in [0.29, 0.717) is 25.9 Å². The fraction of sp³-hybridized carbons (Fsp3) is 0.478. The van der Waals surface area contributed by atoms with Crippen molar-refractivity contribution >= 4 is 13.7 Å². The van der Waals surface area contributed by atoms with Gasteiger partial charge in [-0.1, -0.05) is 42.5 Å². The van der Waals surface area contributed by atoms with Gasteiger partial charge in [0.15, 0.2) is 0 Å². The van der Waals surface area contributed by atoms with Crippen LogP contribution < -0.4 is 5.19 Å². The van der Waals surface area contributed by atoms with Crippen LogP contribution in [0.3, 0.4) is 0 Å². The van der Waals surface area contributed by atoms with Gasteiger partial charge >= 0.3 is 8.56 Å². The summed E-state index contributed by atoms with van der Waals surface area (Å²) in [6.07, 6.45) is 2.22. The summed E-state index contributed by atoms with van der Waals surface area (Å²) < 4.78 is 23.9. The van der Waals surface area contributed by atoms with E-state index in [1.165, 1.54) is 27.4 Å². The summed E-state index contributed by atoms with van der Waals surface area (Å²) in [5.74, 6) is 0. The normalized spacial score (nSPS) is 17.4. The van der Waals surface area contributed by atoms with Gasteiger partial charge in [0.2, 0.25) is 0 Å². The van der Waals surface area contributed by atoms with Crippen molar-refractivity contribution in [3.63, 3.8) is 0 Å². The molecule has 1 fully saturated rings. The van der Waals surface area contributed by atoms with Crippen LogP contribution in [0.1, 0.15) is 31.4 Å². The summed E-state index contributed by atoms with van der Waals surface area (Å²) in [4.78, 5) is 0. The molecule has 0 bridgehead atoms. The zero-order chi connectivity index (χ0) is 19.4. The molecule has 2 aliphatic rings. The molecule has 2 aromatic rings. The number of hydrogen-bond acceptors (Lipinski definition) is 4. The molecule has 5 heteroatoms. The molecular weight excluding hydrogens is 368 g/mol. The van der Waals surface area contributed by atoms with Crippen LogP contribution in [-0.2, 0) is 24.7 Å². The van der Waals surface area contributed by atoms with Crippen molar-refractivity contribution in [2.24, 2.45) is 0 Å². The summed E-state index contributed by atoms with van der Waals surface area (Å²) in [5.41, 5.74) is 5.48. The number of benzene rings is 2. The van der Waals surface area contributed by atoms with E-state index in [-0.39, 0.29) is 0 Å². The van der Waals surface area contributed by atoms with Crippen molar-refractivity contribution in [1.29, 1.82) is 0 Å². The summed E-state index contributed by atoms with van der Waals surface area (Å²) in [6, 6.07) is 16.3. The molecule has 0 N–H and O–H groups in total. The first kappa shape index (κ1) is 19.8. The Balaban J connectivity index is 1.59. The van der Waals surface area contributed by atoms with E-state index in [2.05, 4.69) is 56.3 Å². The molecule has 0 saturated carbocycles. The molecule has 4 rings (SSSR count). The molecule has 4 nitrogen and oxygen atoms in total. The van der Waals surface area contributed by atoms with Gasteiger partial charge in [-0.15, -0.1) is 0 Å². The van der Waals surface area contributed by atoms with Crippen LogP contribution in [0.25, 0.3) is 11.1 Å². The van der Waals surface area contributed by atoms with Crippen molar-refractivity contribution in [1.82, 2.24) is 0 Å². The lowest BCUT2D eigenvalue weighted by Crippen LogP contribution is -2.55. The minimum absolute atomic E-state index is 0.316. The fourth-order valence-corrected chi connectivity index (χ4v) is 7.77. The van der Waals surface area contributed by atoms with E-state index in [1.807, 2.05) is 0 Å². The van der Waals surface area contributed by atoms with Crippen LogP contribution in [0, 0.1) is 0 Å². The minimum Gasteiger partial charge on any atom is -0.391 e. The minimum atomic E-state index is -2.54. The highest BCUT2D eigenvalue weighted by Crippen LogP contribution is 2.37. The fourth-order valence-electron chi connectivity index (χ4n) is 4.24. The molecule has 1 aliphatic carbocycles. The van der Waals surface area contributed by atoms with Crippen molar-refractivity contribution < 1.29 is 18.3 Å². The SMILES string of the molecule is CCO[Si](CCCOCC1CO1)(OCC)c1cccc2c1Cc1ccccc1-2. The highest BCUT2D eigenvalue weighted by molar-refractivity contribution is 6.81. The molecule has 0 amide bonds. The average molecular weight is 399 g/mol. The third kappa shape index (κ3) is 4.09. The van der Waals surface area contributed by atoms with Crippen LogP contribution in [0.4, 0.5) is 0 Å². The lowest BCUT2D eigenvalue weighted by Gasteiger charge is -2.32. The predicted octanol–water partition coefficient (Wildman–Crippen LogP) is 3.79. The third-order valence-corrected chi connectivity index (χ3v) is 9.33. The number of ether oxygens (including phenoxy) is 2. The van der Waals surface area contributed by atoms with Crippen LogP contribution in [0.2, 0.25) is 6.04 Å². The summed E-state index contributed by atoms with van der Waals surface area (Å²) in [6.45, 7) is 7.74. The van der Waals surface area contributed by atoms with Gasteiger partial charge < -0.3 is 18.3 Å². The van der Waals surface area contributed by atoms with Gasteiger partial charge in [-0.2, -0.15) is 0 Å². The zero-order valence-electron chi connectivity index (χ0n) is 16.9. The van der Waals surface area contributed by atoms with Crippen molar-refractivity contribution in [3.05, 3.63) is 53.6 Å². The van der Waals surface area contributed by atoms with Crippen molar-refractivity contribution in [2.45, 2.75) is 38.8 Å². The monoisotopic (exact) mass is 398 g/mol. The molecule has 0 aromatic heterocycles. The smallest absolute Gasteiger partial charge is 0.372 e. The van der Waals surface area contributed by atoms with Crippen LogP contribution in [0.15, 0.2) is 42.5 Å². The second-order valence-electron chi connectivity index (χ2n) is 7.42. The molecule has 0 spiro atoms. The summed E-state index contributed by atoms with van der Waals surface area (Å²) >= 11 is 0. The maximum atomic E-state index is 6.46. The molecule has 150 valence electrons. The Morgan fingerprint density at radius 2 is 1.75 bits per heavy atom. The second kappa shape index (κ2) is 8.89. The molecule has 1 saturated heterocycles. The van der Waals surface area contributed by atoms with Crippen LogP contribution in [-0.4, -0.2) is 47.7 Å². The van der Waals surface area contributed by atoms with Crippen LogP contribution >= 0.6 is 0 Å². The quantitative estimate of drug-likeness (QED) is 0.280. The predicted molar refractivity (Wildman–Crippen MR) is 113 cm³/mol. The molecule has 1 heterocycles. The van der Waals surface area contributed by atoms with E-state index in [1.54, 1.807) is 0 Å². The van der Waals surface area contributed by atoms with Gasteiger partial charge in [-0.25, -0.2) is 0 Å². The van der Waals surface area contributed by atoms with Gasteiger partial charge in [0, 0.05) is 19.8 Å². The van der Waals surface area contributed by atoms with E-state index in [9.17, 15) is 0 Å². The Bertz CT molecular complexity index is 797. The molecule has 28 heavy (non-hydrogen) atoms. The number of rotatable bonds is 11. The lowest BCUT2D eigenvalue weighted by molar-refractivity contribution is 0.113. The van der Waals surface area contributed by atoms with E-state index < -0.39 is 8.56 Å². The largest absolute Gasteiger partial charge is 0.391 e.